The van der Waals surface area contributed by atoms with Crippen molar-refractivity contribution in [3.8, 4) is 0 Å². The number of nitrogens with zero attached hydrogens (tertiary/aromatic N) is 1. The zero-order chi connectivity index (χ0) is 12.6. The average Bonchev–Trinajstić information content (AvgIpc) is 2.14. The molecule has 1 rings (SSSR count). The molecule has 0 N–H and O–H groups in total. The molecule has 1 aromatic carbocycles. The van der Waals surface area contributed by atoms with E-state index in [1.165, 1.54) is 0 Å². The third-order valence-electron chi connectivity index (χ3n) is 1.70. The second-order valence-corrected chi connectivity index (χ2v) is 2.88. The summed E-state index contributed by atoms with van der Waals surface area (Å²) in [5.41, 5.74) is -3.65. The van der Waals surface area contributed by atoms with Crippen LogP contribution >= 0.6 is 0 Å². The van der Waals surface area contributed by atoms with Crippen LogP contribution in [0.1, 0.15) is 11.1 Å². The normalized spacial score (nSPS) is 12.3. The molecule has 0 heterocycles. The summed E-state index contributed by atoms with van der Waals surface area (Å²) in [4.78, 5) is 2.57. The van der Waals surface area contributed by atoms with Crippen molar-refractivity contribution in [2.24, 2.45) is 0 Å². The monoisotopic (exact) mass is 239 g/mol. The van der Waals surface area contributed by atoms with Crippen LogP contribution in [0, 0.1) is 6.57 Å². The molecule has 0 spiro atoms. The van der Waals surface area contributed by atoms with Crippen LogP contribution in [-0.2, 0) is 12.4 Å². The molecule has 7 heteroatoms. The summed E-state index contributed by atoms with van der Waals surface area (Å²) >= 11 is 0. The van der Waals surface area contributed by atoms with E-state index in [4.69, 9.17) is 6.57 Å². The van der Waals surface area contributed by atoms with Gasteiger partial charge in [-0.1, -0.05) is 0 Å². The number of halogens is 6. The van der Waals surface area contributed by atoms with E-state index in [2.05, 4.69) is 4.85 Å². The summed E-state index contributed by atoms with van der Waals surface area (Å²) in [6, 6.07) is 0.735. The fourth-order valence-electron chi connectivity index (χ4n) is 1.00. The molecule has 0 atom stereocenters. The minimum Gasteiger partial charge on any atom is -0.238 e. The zero-order valence-electron chi connectivity index (χ0n) is 7.45. The highest BCUT2D eigenvalue weighted by Gasteiger charge is 2.36. The Kier molecular flexibility index (Phi) is 2.86. The van der Waals surface area contributed by atoms with Gasteiger partial charge >= 0.3 is 12.4 Å². The van der Waals surface area contributed by atoms with Crippen molar-refractivity contribution in [2.75, 3.05) is 0 Å². The summed E-state index contributed by atoms with van der Waals surface area (Å²) in [6.07, 6.45) is -9.80. The maximum absolute atomic E-state index is 12.2. The van der Waals surface area contributed by atoms with Crippen LogP contribution in [0.15, 0.2) is 18.2 Å². The zero-order valence-corrected chi connectivity index (χ0v) is 7.45. The van der Waals surface area contributed by atoms with Gasteiger partial charge < -0.3 is 0 Å². The first-order valence-corrected chi connectivity index (χ1v) is 3.81. The smallest absolute Gasteiger partial charge is 0.238 e. The van der Waals surface area contributed by atoms with E-state index in [0.29, 0.717) is 12.1 Å². The van der Waals surface area contributed by atoms with Gasteiger partial charge in [0.2, 0.25) is 0 Å². The number of rotatable bonds is 0. The van der Waals surface area contributed by atoms with Gasteiger partial charge in [-0.15, -0.1) is 0 Å². The Morgan fingerprint density at radius 2 is 1.19 bits per heavy atom. The van der Waals surface area contributed by atoms with Crippen molar-refractivity contribution in [2.45, 2.75) is 12.4 Å². The lowest BCUT2D eigenvalue weighted by Crippen LogP contribution is -2.10. The van der Waals surface area contributed by atoms with Gasteiger partial charge in [-0.25, -0.2) is 4.85 Å². The summed E-state index contributed by atoms with van der Waals surface area (Å²) in [7, 11) is 0. The number of hydrogen-bond acceptors (Lipinski definition) is 0. The van der Waals surface area contributed by atoms with Gasteiger partial charge in [-0.05, 0) is 18.2 Å². The SMILES string of the molecule is [C-]#[N+]c1cc(C(F)(F)F)cc(C(F)(F)F)c1. The van der Waals surface area contributed by atoms with Crippen molar-refractivity contribution in [1.29, 1.82) is 0 Å². The second kappa shape index (κ2) is 3.70. The number of benzene rings is 1. The van der Waals surface area contributed by atoms with Crippen molar-refractivity contribution in [1.82, 2.24) is 0 Å². The summed E-state index contributed by atoms with van der Waals surface area (Å²) in [6.45, 7) is 6.44. The Labute approximate surface area is 86.1 Å². The van der Waals surface area contributed by atoms with E-state index >= 15 is 0 Å². The Morgan fingerprint density at radius 1 is 0.812 bits per heavy atom. The van der Waals surface area contributed by atoms with Gasteiger partial charge in [0.15, 0.2) is 5.69 Å². The van der Waals surface area contributed by atoms with Crippen LogP contribution < -0.4 is 0 Å². The van der Waals surface area contributed by atoms with Gasteiger partial charge in [-0.3, -0.25) is 0 Å². The summed E-state index contributed by atoms with van der Waals surface area (Å²) in [5.74, 6) is 0. The first-order valence-electron chi connectivity index (χ1n) is 3.81. The first-order chi connectivity index (χ1) is 7.14. The topological polar surface area (TPSA) is 4.36 Å². The second-order valence-electron chi connectivity index (χ2n) is 2.88. The fraction of sp³-hybridized carbons (Fsp3) is 0.222. The van der Waals surface area contributed by atoms with Gasteiger partial charge in [0.25, 0.3) is 0 Å². The van der Waals surface area contributed by atoms with Crippen molar-refractivity contribution in [3.05, 3.63) is 40.7 Å². The third kappa shape index (κ3) is 2.66. The van der Waals surface area contributed by atoms with Crippen LogP contribution in [-0.4, -0.2) is 0 Å². The van der Waals surface area contributed by atoms with Gasteiger partial charge in [0.05, 0.1) is 6.57 Å². The molecule has 0 aliphatic rings. The predicted octanol–water partition coefficient (Wildman–Crippen LogP) is 4.27. The van der Waals surface area contributed by atoms with Crippen molar-refractivity contribution in [3.63, 3.8) is 0 Å². The average molecular weight is 239 g/mol. The molecule has 0 saturated heterocycles. The molecular formula is C9H3F6N. The minimum absolute atomic E-state index is 0.0192. The standard InChI is InChI=1S/C9H3F6N/c1-16-7-3-5(8(10,11)12)2-6(4-7)9(13,14)15/h2-4H. The molecular weight excluding hydrogens is 236 g/mol. The van der Waals surface area contributed by atoms with E-state index in [1.54, 1.807) is 0 Å². The molecule has 0 radical (unpaired) electrons. The Balaban J connectivity index is 3.41. The maximum Gasteiger partial charge on any atom is 0.415 e. The third-order valence-corrected chi connectivity index (χ3v) is 1.70. The number of alkyl halides is 6. The highest BCUT2D eigenvalue weighted by molar-refractivity contribution is 5.51. The Morgan fingerprint density at radius 3 is 1.44 bits per heavy atom. The molecule has 0 amide bonds. The fourth-order valence-corrected chi connectivity index (χ4v) is 1.00. The van der Waals surface area contributed by atoms with Gasteiger partial charge in [0.1, 0.15) is 0 Å². The van der Waals surface area contributed by atoms with Gasteiger partial charge in [-0.2, -0.15) is 26.3 Å². The first kappa shape index (κ1) is 12.4. The van der Waals surface area contributed by atoms with E-state index in [0.717, 1.165) is 0 Å². The molecule has 0 fully saturated rings. The molecule has 0 aromatic heterocycles. The quantitative estimate of drug-likeness (QED) is 0.470. The van der Waals surface area contributed by atoms with Crippen molar-refractivity contribution >= 4 is 5.69 Å². The Bertz CT molecular complexity index is 405. The highest BCUT2D eigenvalue weighted by atomic mass is 19.4. The minimum atomic E-state index is -4.90. The van der Waals surface area contributed by atoms with Crippen LogP contribution in [0.2, 0.25) is 0 Å². The van der Waals surface area contributed by atoms with E-state index in [9.17, 15) is 26.3 Å². The lowest BCUT2D eigenvalue weighted by atomic mass is 10.1. The Hall–Kier alpha value is -1.71. The van der Waals surface area contributed by atoms with Crippen LogP contribution in [0.3, 0.4) is 0 Å². The number of hydrogen-bond donors (Lipinski definition) is 0. The van der Waals surface area contributed by atoms with Crippen molar-refractivity contribution < 1.29 is 26.3 Å². The lowest BCUT2D eigenvalue weighted by Gasteiger charge is -2.11. The van der Waals surface area contributed by atoms with E-state index in [-0.39, 0.29) is 6.07 Å². The van der Waals surface area contributed by atoms with Gasteiger partial charge in [0, 0.05) is 11.1 Å². The molecule has 0 saturated carbocycles. The predicted molar refractivity (Wildman–Crippen MR) is 42.7 cm³/mol. The molecule has 0 bridgehead atoms. The molecule has 16 heavy (non-hydrogen) atoms. The van der Waals surface area contributed by atoms with Crippen LogP contribution in [0.5, 0.6) is 0 Å². The molecule has 1 nitrogen and oxygen atoms in total. The lowest BCUT2D eigenvalue weighted by molar-refractivity contribution is -0.143. The van der Waals surface area contributed by atoms with E-state index < -0.39 is 29.2 Å². The molecule has 0 unspecified atom stereocenters. The summed E-state index contributed by atoms with van der Waals surface area (Å²) in [5, 5.41) is 0. The largest absolute Gasteiger partial charge is 0.415 e. The molecule has 0 aliphatic heterocycles. The molecule has 1 aromatic rings. The van der Waals surface area contributed by atoms with Crippen LogP contribution in [0.4, 0.5) is 32.0 Å². The summed E-state index contributed by atoms with van der Waals surface area (Å²) < 4.78 is 73.2. The van der Waals surface area contributed by atoms with E-state index in [1.807, 2.05) is 0 Å². The maximum atomic E-state index is 12.2. The van der Waals surface area contributed by atoms with Crippen LogP contribution in [0.25, 0.3) is 4.85 Å². The highest BCUT2D eigenvalue weighted by Crippen LogP contribution is 2.38. The molecule has 86 valence electrons. The molecule has 0 aliphatic carbocycles.